The predicted molar refractivity (Wildman–Crippen MR) is 101 cm³/mol. The first-order valence-electron chi connectivity index (χ1n) is 8.70. The lowest BCUT2D eigenvalue weighted by Gasteiger charge is -2.09. The third-order valence-corrected chi connectivity index (χ3v) is 4.30. The number of rotatable bonds is 6. The number of hydrogen-bond acceptors (Lipinski definition) is 5. The van der Waals surface area contributed by atoms with Gasteiger partial charge in [0.1, 0.15) is 17.9 Å². The summed E-state index contributed by atoms with van der Waals surface area (Å²) >= 11 is 0. The van der Waals surface area contributed by atoms with Gasteiger partial charge in [0.2, 0.25) is 0 Å². The van der Waals surface area contributed by atoms with Crippen LogP contribution >= 0.6 is 0 Å². The number of nitrogens with one attached hydrogen (secondary N) is 1. The fourth-order valence-corrected chi connectivity index (χ4v) is 3.09. The van der Waals surface area contributed by atoms with Crippen molar-refractivity contribution in [1.82, 2.24) is 24.9 Å². The normalized spacial score (nSPS) is 11.3. The first-order chi connectivity index (χ1) is 12.7. The molecule has 26 heavy (non-hydrogen) atoms. The number of aromatic nitrogens is 4. The number of aryl methyl sites for hydroxylation is 2. The first-order valence-corrected chi connectivity index (χ1v) is 8.70. The van der Waals surface area contributed by atoms with Crippen molar-refractivity contribution in [3.63, 3.8) is 0 Å². The molecular weight excluding hydrogens is 326 g/mol. The Kier molecular flexibility index (Phi) is 4.50. The molecule has 0 radical (unpaired) electrons. The number of fused-ring (bicyclic) bond motifs is 2. The van der Waals surface area contributed by atoms with Gasteiger partial charge in [-0.15, -0.1) is 0 Å². The third kappa shape index (κ3) is 3.23. The zero-order chi connectivity index (χ0) is 17.9. The van der Waals surface area contributed by atoms with Crippen LogP contribution < -0.4 is 10.1 Å². The van der Waals surface area contributed by atoms with E-state index in [4.69, 9.17) is 4.74 Å². The van der Waals surface area contributed by atoms with Crippen LogP contribution in [0.15, 0.2) is 48.8 Å². The van der Waals surface area contributed by atoms with E-state index in [0.717, 1.165) is 45.8 Å². The van der Waals surface area contributed by atoms with Gasteiger partial charge in [0, 0.05) is 41.6 Å². The monoisotopic (exact) mass is 347 g/mol. The Morgan fingerprint density at radius 2 is 2.04 bits per heavy atom. The van der Waals surface area contributed by atoms with E-state index in [-0.39, 0.29) is 0 Å². The third-order valence-electron chi connectivity index (χ3n) is 4.30. The van der Waals surface area contributed by atoms with Crippen molar-refractivity contribution in [3.05, 3.63) is 65.7 Å². The molecule has 0 bridgehead atoms. The fraction of sp³-hybridized carbons (Fsp3) is 0.250. The van der Waals surface area contributed by atoms with Gasteiger partial charge in [0.15, 0.2) is 5.65 Å². The Labute approximate surface area is 151 Å². The standard InChI is InChI=1S/C20H21N5O/c1-14-11-15(2)25-20(24-14)17(13-23-25)12-21-9-10-26-18-7-3-5-16-6-4-8-22-19(16)18/h3-8,11,13,21H,9-10,12H2,1-2H3. The highest BCUT2D eigenvalue weighted by Crippen LogP contribution is 2.22. The molecule has 0 atom stereocenters. The van der Waals surface area contributed by atoms with Gasteiger partial charge in [-0.1, -0.05) is 18.2 Å². The minimum absolute atomic E-state index is 0.570. The largest absolute Gasteiger partial charge is 0.490 e. The average Bonchev–Trinajstić information content (AvgIpc) is 3.05. The highest BCUT2D eigenvalue weighted by atomic mass is 16.5. The molecule has 0 spiro atoms. The molecule has 0 amide bonds. The van der Waals surface area contributed by atoms with E-state index in [2.05, 4.69) is 20.4 Å². The number of pyridine rings is 1. The van der Waals surface area contributed by atoms with Gasteiger partial charge in [-0.3, -0.25) is 4.98 Å². The van der Waals surface area contributed by atoms with Crippen molar-refractivity contribution >= 4 is 16.6 Å². The summed E-state index contributed by atoms with van der Waals surface area (Å²) in [6, 6.07) is 12.0. The van der Waals surface area contributed by atoms with Crippen molar-refractivity contribution in [1.29, 1.82) is 0 Å². The Bertz CT molecular complexity index is 1050. The maximum Gasteiger partial charge on any atom is 0.159 e. The summed E-state index contributed by atoms with van der Waals surface area (Å²) in [6.07, 6.45) is 3.66. The molecule has 0 saturated heterocycles. The molecule has 6 heteroatoms. The van der Waals surface area contributed by atoms with E-state index >= 15 is 0 Å². The van der Waals surface area contributed by atoms with Crippen LogP contribution in [0.1, 0.15) is 17.0 Å². The summed E-state index contributed by atoms with van der Waals surface area (Å²) < 4.78 is 7.78. The molecule has 3 aromatic heterocycles. The zero-order valence-corrected chi connectivity index (χ0v) is 14.9. The first kappa shape index (κ1) is 16.5. The summed E-state index contributed by atoms with van der Waals surface area (Å²) in [5.74, 6) is 0.814. The van der Waals surface area contributed by atoms with Crippen molar-refractivity contribution in [2.45, 2.75) is 20.4 Å². The Morgan fingerprint density at radius 3 is 2.96 bits per heavy atom. The number of nitrogens with zero attached hydrogens (tertiary/aromatic N) is 4. The number of ether oxygens (including phenoxy) is 1. The smallest absolute Gasteiger partial charge is 0.159 e. The molecule has 1 aromatic carbocycles. The topological polar surface area (TPSA) is 64.3 Å². The molecule has 0 aliphatic carbocycles. The second-order valence-corrected chi connectivity index (χ2v) is 6.30. The molecule has 132 valence electrons. The maximum absolute atomic E-state index is 5.90. The summed E-state index contributed by atoms with van der Waals surface area (Å²) in [5.41, 5.74) is 4.99. The van der Waals surface area contributed by atoms with Crippen LogP contribution in [0.4, 0.5) is 0 Å². The maximum atomic E-state index is 5.90. The van der Waals surface area contributed by atoms with Crippen LogP contribution in [0.2, 0.25) is 0 Å². The van der Waals surface area contributed by atoms with E-state index in [1.807, 2.05) is 61.0 Å². The molecule has 4 aromatic rings. The molecular formula is C20H21N5O. The molecule has 0 aliphatic rings. The van der Waals surface area contributed by atoms with E-state index in [0.29, 0.717) is 13.2 Å². The van der Waals surface area contributed by atoms with E-state index in [1.54, 1.807) is 6.20 Å². The molecule has 0 saturated carbocycles. The molecule has 0 fully saturated rings. The lowest BCUT2D eigenvalue weighted by Crippen LogP contribution is -2.20. The van der Waals surface area contributed by atoms with Crippen molar-refractivity contribution < 1.29 is 4.74 Å². The number of para-hydroxylation sites is 1. The fourth-order valence-electron chi connectivity index (χ4n) is 3.09. The minimum atomic E-state index is 0.570. The molecule has 0 aliphatic heterocycles. The van der Waals surface area contributed by atoms with Crippen LogP contribution in [0, 0.1) is 13.8 Å². The van der Waals surface area contributed by atoms with Crippen molar-refractivity contribution in [2.24, 2.45) is 0 Å². The highest BCUT2D eigenvalue weighted by Gasteiger charge is 2.08. The van der Waals surface area contributed by atoms with Crippen molar-refractivity contribution in [3.8, 4) is 5.75 Å². The summed E-state index contributed by atoms with van der Waals surface area (Å²) in [5, 5.41) is 8.90. The van der Waals surface area contributed by atoms with E-state index < -0.39 is 0 Å². The van der Waals surface area contributed by atoms with E-state index in [1.165, 1.54) is 0 Å². The Hall–Kier alpha value is -2.99. The van der Waals surface area contributed by atoms with Crippen LogP contribution in [0.25, 0.3) is 16.6 Å². The van der Waals surface area contributed by atoms with Gasteiger partial charge in [-0.2, -0.15) is 5.10 Å². The van der Waals surface area contributed by atoms with Gasteiger partial charge in [0.25, 0.3) is 0 Å². The highest BCUT2D eigenvalue weighted by molar-refractivity contribution is 5.84. The number of benzene rings is 1. The van der Waals surface area contributed by atoms with Crippen LogP contribution in [0.3, 0.4) is 0 Å². The predicted octanol–water partition coefficient (Wildman–Crippen LogP) is 3.06. The lowest BCUT2D eigenvalue weighted by atomic mass is 10.2. The summed E-state index contributed by atoms with van der Waals surface area (Å²) in [7, 11) is 0. The zero-order valence-electron chi connectivity index (χ0n) is 14.9. The van der Waals surface area contributed by atoms with Gasteiger partial charge in [-0.25, -0.2) is 9.50 Å². The SMILES string of the molecule is Cc1cc(C)n2ncc(CNCCOc3cccc4cccnc34)c2n1. The van der Waals surface area contributed by atoms with Crippen molar-refractivity contribution in [2.75, 3.05) is 13.2 Å². The molecule has 0 unspecified atom stereocenters. The van der Waals surface area contributed by atoms with Crippen LogP contribution in [-0.2, 0) is 6.54 Å². The quantitative estimate of drug-likeness (QED) is 0.543. The minimum Gasteiger partial charge on any atom is -0.490 e. The molecule has 4 rings (SSSR count). The Balaban J connectivity index is 1.36. The lowest BCUT2D eigenvalue weighted by molar-refractivity contribution is 0.316. The second kappa shape index (κ2) is 7.09. The molecule has 6 nitrogen and oxygen atoms in total. The van der Waals surface area contributed by atoms with Crippen LogP contribution in [-0.4, -0.2) is 32.7 Å². The Morgan fingerprint density at radius 1 is 1.15 bits per heavy atom. The van der Waals surface area contributed by atoms with E-state index in [9.17, 15) is 0 Å². The van der Waals surface area contributed by atoms with Gasteiger partial charge < -0.3 is 10.1 Å². The van der Waals surface area contributed by atoms with Gasteiger partial charge in [-0.05, 0) is 32.0 Å². The second-order valence-electron chi connectivity index (χ2n) is 6.30. The molecule has 3 heterocycles. The molecule has 1 N–H and O–H groups in total. The summed E-state index contributed by atoms with van der Waals surface area (Å²) in [4.78, 5) is 9.00. The van der Waals surface area contributed by atoms with Gasteiger partial charge >= 0.3 is 0 Å². The average molecular weight is 347 g/mol. The van der Waals surface area contributed by atoms with Gasteiger partial charge in [0.05, 0.1) is 6.20 Å². The number of hydrogen-bond donors (Lipinski definition) is 1. The van der Waals surface area contributed by atoms with Crippen LogP contribution in [0.5, 0.6) is 5.75 Å². The summed E-state index contributed by atoms with van der Waals surface area (Å²) in [6.45, 7) is 6.05.